The van der Waals surface area contributed by atoms with Crippen molar-refractivity contribution in [2.75, 3.05) is 20.7 Å². The second kappa shape index (κ2) is 4.63. The molecule has 0 fully saturated rings. The van der Waals surface area contributed by atoms with Gasteiger partial charge in [0.05, 0.1) is 11.5 Å². The van der Waals surface area contributed by atoms with E-state index in [4.69, 9.17) is 4.74 Å². The first-order valence-electron chi connectivity index (χ1n) is 4.64. The highest BCUT2D eigenvalue weighted by Crippen LogP contribution is 2.19. The molecule has 0 saturated heterocycles. The second-order valence-corrected chi connectivity index (χ2v) is 5.35. The molecule has 0 aliphatic carbocycles. The molecule has 4 nitrogen and oxygen atoms in total. The predicted octanol–water partition coefficient (Wildman–Crippen LogP) is 1.34. The molecule has 0 bridgehead atoms. The minimum atomic E-state index is -3.36. The first-order valence-corrected chi connectivity index (χ1v) is 6.08. The minimum absolute atomic E-state index is 0.249. The number of benzene rings is 1. The fourth-order valence-electron chi connectivity index (χ4n) is 1.10. The van der Waals surface area contributed by atoms with Crippen molar-refractivity contribution in [3.05, 3.63) is 24.3 Å². The van der Waals surface area contributed by atoms with Gasteiger partial charge in [-0.15, -0.1) is 0 Å². The van der Waals surface area contributed by atoms with E-state index in [0.29, 0.717) is 12.4 Å². The molecule has 1 aromatic rings. The van der Waals surface area contributed by atoms with E-state index in [2.05, 4.69) is 0 Å². The molecule has 1 aromatic carbocycles. The molecule has 0 amide bonds. The fraction of sp³-hybridized carbons (Fsp3) is 0.400. The SMILES string of the molecule is CCOc1cccc(S(=O)(=O)N(C)C)c1. The van der Waals surface area contributed by atoms with Gasteiger partial charge in [0.1, 0.15) is 5.75 Å². The van der Waals surface area contributed by atoms with E-state index in [-0.39, 0.29) is 4.90 Å². The lowest BCUT2D eigenvalue weighted by molar-refractivity contribution is 0.339. The van der Waals surface area contributed by atoms with Crippen molar-refractivity contribution in [1.82, 2.24) is 4.31 Å². The van der Waals surface area contributed by atoms with E-state index in [1.54, 1.807) is 18.2 Å². The zero-order chi connectivity index (χ0) is 11.5. The summed E-state index contributed by atoms with van der Waals surface area (Å²) < 4.78 is 29.9. The van der Waals surface area contributed by atoms with Crippen molar-refractivity contribution >= 4 is 10.0 Å². The van der Waals surface area contributed by atoms with Gasteiger partial charge in [-0.05, 0) is 19.1 Å². The van der Waals surface area contributed by atoms with Crippen LogP contribution in [0.15, 0.2) is 29.2 Å². The Bertz CT molecular complexity index is 426. The number of sulfonamides is 1. The molecule has 0 saturated carbocycles. The van der Waals surface area contributed by atoms with E-state index in [0.717, 1.165) is 0 Å². The van der Waals surface area contributed by atoms with Gasteiger partial charge in [0.2, 0.25) is 10.0 Å². The normalized spacial score (nSPS) is 11.7. The largest absolute Gasteiger partial charge is 0.494 e. The van der Waals surface area contributed by atoms with Crippen LogP contribution in [0.4, 0.5) is 0 Å². The van der Waals surface area contributed by atoms with Crippen LogP contribution in [0.25, 0.3) is 0 Å². The Morgan fingerprint density at radius 3 is 2.53 bits per heavy atom. The van der Waals surface area contributed by atoms with E-state index < -0.39 is 10.0 Å². The Hall–Kier alpha value is -1.07. The van der Waals surface area contributed by atoms with Crippen LogP contribution in [0.1, 0.15) is 6.92 Å². The Morgan fingerprint density at radius 1 is 1.33 bits per heavy atom. The third kappa shape index (κ3) is 2.70. The smallest absolute Gasteiger partial charge is 0.242 e. The highest BCUT2D eigenvalue weighted by atomic mass is 32.2. The maximum Gasteiger partial charge on any atom is 0.242 e. The van der Waals surface area contributed by atoms with Crippen molar-refractivity contribution in [3.63, 3.8) is 0 Å². The quantitative estimate of drug-likeness (QED) is 0.782. The van der Waals surface area contributed by atoms with Gasteiger partial charge < -0.3 is 4.74 Å². The first-order chi connectivity index (χ1) is 6.98. The number of rotatable bonds is 4. The maximum absolute atomic E-state index is 11.8. The summed E-state index contributed by atoms with van der Waals surface area (Å²) in [6, 6.07) is 6.48. The van der Waals surface area contributed by atoms with Crippen LogP contribution in [-0.2, 0) is 10.0 Å². The van der Waals surface area contributed by atoms with Crippen molar-refractivity contribution in [1.29, 1.82) is 0 Å². The van der Waals surface area contributed by atoms with Crippen LogP contribution in [-0.4, -0.2) is 33.4 Å². The molecule has 0 aliphatic heterocycles. The molecular weight excluding hydrogens is 214 g/mol. The summed E-state index contributed by atoms with van der Waals surface area (Å²) in [7, 11) is -0.359. The van der Waals surface area contributed by atoms with Crippen LogP contribution in [0.3, 0.4) is 0 Å². The van der Waals surface area contributed by atoms with Crippen molar-refractivity contribution < 1.29 is 13.2 Å². The van der Waals surface area contributed by atoms with Gasteiger partial charge in [0, 0.05) is 20.2 Å². The number of hydrogen-bond donors (Lipinski definition) is 0. The second-order valence-electron chi connectivity index (χ2n) is 3.20. The van der Waals surface area contributed by atoms with Gasteiger partial charge in [-0.3, -0.25) is 0 Å². The maximum atomic E-state index is 11.8. The molecule has 0 atom stereocenters. The Kier molecular flexibility index (Phi) is 3.71. The summed E-state index contributed by atoms with van der Waals surface area (Å²) in [5.74, 6) is 0.570. The Labute approximate surface area is 90.5 Å². The molecule has 0 spiro atoms. The molecule has 0 heterocycles. The van der Waals surface area contributed by atoms with Gasteiger partial charge in [-0.2, -0.15) is 0 Å². The summed E-state index contributed by atoms with van der Waals surface area (Å²) in [5, 5.41) is 0. The molecule has 0 aromatic heterocycles. The molecule has 84 valence electrons. The highest BCUT2D eigenvalue weighted by Gasteiger charge is 2.17. The van der Waals surface area contributed by atoms with Crippen molar-refractivity contribution in [2.24, 2.45) is 0 Å². The van der Waals surface area contributed by atoms with E-state index in [1.807, 2.05) is 6.92 Å². The van der Waals surface area contributed by atoms with Crippen LogP contribution in [0.2, 0.25) is 0 Å². The van der Waals surface area contributed by atoms with Gasteiger partial charge in [-0.25, -0.2) is 12.7 Å². The lowest BCUT2D eigenvalue weighted by Gasteiger charge is -2.12. The molecule has 0 N–H and O–H groups in total. The van der Waals surface area contributed by atoms with E-state index in [9.17, 15) is 8.42 Å². The number of nitrogens with zero attached hydrogens (tertiary/aromatic N) is 1. The Balaban J connectivity index is 3.11. The monoisotopic (exact) mass is 229 g/mol. The highest BCUT2D eigenvalue weighted by molar-refractivity contribution is 7.89. The Morgan fingerprint density at radius 2 is 2.00 bits per heavy atom. The van der Waals surface area contributed by atoms with Gasteiger partial charge >= 0.3 is 0 Å². The van der Waals surface area contributed by atoms with Crippen molar-refractivity contribution in [2.45, 2.75) is 11.8 Å². The molecule has 1 rings (SSSR count). The number of ether oxygens (including phenoxy) is 1. The topological polar surface area (TPSA) is 46.6 Å². The first kappa shape index (κ1) is 12.0. The molecule has 0 unspecified atom stereocenters. The summed E-state index contributed by atoms with van der Waals surface area (Å²) >= 11 is 0. The van der Waals surface area contributed by atoms with Crippen LogP contribution in [0, 0.1) is 0 Å². The molecule has 0 aliphatic rings. The summed E-state index contributed by atoms with van der Waals surface area (Å²) in [6.45, 7) is 2.37. The fourth-order valence-corrected chi connectivity index (χ4v) is 2.04. The summed E-state index contributed by atoms with van der Waals surface area (Å²) in [4.78, 5) is 0.249. The molecule has 15 heavy (non-hydrogen) atoms. The minimum Gasteiger partial charge on any atom is -0.494 e. The van der Waals surface area contributed by atoms with Crippen LogP contribution < -0.4 is 4.74 Å². The van der Waals surface area contributed by atoms with Gasteiger partial charge in [0.15, 0.2) is 0 Å². The lowest BCUT2D eigenvalue weighted by atomic mass is 10.3. The molecule has 0 radical (unpaired) electrons. The average Bonchev–Trinajstić information content (AvgIpc) is 2.18. The van der Waals surface area contributed by atoms with Crippen molar-refractivity contribution in [3.8, 4) is 5.75 Å². The van der Waals surface area contributed by atoms with Gasteiger partial charge in [-0.1, -0.05) is 6.07 Å². The summed E-state index contributed by atoms with van der Waals surface area (Å²) in [5.41, 5.74) is 0. The number of hydrogen-bond acceptors (Lipinski definition) is 3. The third-order valence-corrected chi connectivity index (χ3v) is 3.71. The van der Waals surface area contributed by atoms with E-state index >= 15 is 0 Å². The average molecular weight is 229 g/mol. The zero-order valence-electron chi connectivity index (χ0n) is 9.10. The summed E-state index contributed by atoms with van der Waals surface area (Å²) in [6.07, 6.45) is 0. The third-order valence-electron chi connectivity index (χ3n) is 1.90. The van der Waals surface area contributed by atoms with Crippen LogP contribution >= 0.6 is 0 Å². The lowest BCUT2D eigenvalue weighted by Crippen LogP contribution is -2.22. The van der Waals surface area contributed by atoms with Gasteiger partial charge in [0.25, 0.3) is 0 Å². The zero-order valence-corrected chi connectivity index (χ0v) is 9.91. The van der Waals surface area contributed by atoms with Crippen LogP contribution in [0.5, 0.6) is 5.75 Å². The molecule has 5 heteroatoms. The van der Waals surface area contributed by atoms with E-state index in [1.165, 1.54) is 24.5 Å². The molecular formula is C10H15NO3S. The standard InChI is InChI=1S/C10H15NO3S/c1-4-14-9-6-5-7-10(8-9)15(12,13)11(2)3/h5-8H,4H2,1-3H3. The predicted molar refractivity (Wildman–Crippen MR) is 58.5 cm³/mol.